The topological polar surface area (TPSA) is 26.0 Å². The zero-order valence-electron chi connectivity index (χ0n) is 9.08. The molecular formula is C12H17F2N. The van der Waals surface area contributed by atoms with Gasteiger partial charge in [0.05, 0.1) is 0 Å². The fourth-order valence-corrected chi connectivity index (χ4v) is 1.31. The lowest BCUT2D eigenvalue weighted by Gasteiger charge is -2.15. The van der Waals surface area contributed by atoms with Crippen molar-refractivity contribution in [3.05, 3.63) is 35.4 Å². The van der Waals surface area contributed by atoms with Crippen LogP contribution in [-0.4, -0.2) is 6.04 Å². The second kappa shape index (κ2) is 5.21. The zero-order valence-corrected chi connectivity index (χ0v) is 9.08. The van der Waals surface area contributed by atoms with Crippen LogP contribution in [0.1, 0.15) is 31.4 Å². The SMILES string of the molecule is CC(C)C(N)Cc1ccc(C(F)F)cc1. The molecule has 1 atom stereocenters. The van der Waals surface area contributed by atoms with Crippen LogP contribution in [0.25, 0.3) is 0 Å². The molecular weight excluding hydrogens is 196 g/mol. The Hall–Kier alpha value is -0.960. The van der Waals surface area contributed by atoms with Crippen molar-refractivity contribution < 1.29 is 8.78 Å². The Kier molecular flexibility index (Phi) is 4.21. The van der Waals surface area contributed by atoms with Crippen molar-refractivity contribution in [3.63, 3.8) is 0 Å². The van der Waals surface area contributed by atoms with Gasteiger partial charge in [0.1, 0.15) is 0 Å². The average Bonchev–Trinajstić information content (AvgIpc) is 2.18. The normalized spacial score (nSPS) is 13.5. The van der Waals surface area contributed by atoms with Crippen molar-refractivity contribution in [2.24, 2.45) is 11.7 Å². The number of benzene rings is 1. The summed E-state index contributed by atoms with van der Waals surface area (Å²) in [6.07, 6.45) is -1.65. The Balaban J connectivity index is 2.64. The molecule has 0 aromatic heterocycles. The fourth-order valence-electron chi connectivity index (χ4n) is 1.31. The summed E-state index contributed by atoms with van der Waals surface area (Å²) >= 11 is 0. The maximum atomic E-state index is 12.3. The van der Waals surface area contributed by atoms with Gasteiger partial charge in [-0.05, 0) is 17.9 Å². The summed E-state index contributed by atoms with van der Waals surface area (Å²) < 4.78 is 24.5. The van der Waals surface area contributed by atoms with E-state index in [0.29, 0.717) is 5.92 Å². The van der Waals surface area contributed by atoms with Crippen molar-refractivity contribution in [2.75, 3.05) is 0 Å². The van der Waals surface area contributed by atoms with E-state index in [2.05, 4.69) is 13.8 Å². The van der Waals surface area contributed by atoms with Gasteiger partial charge in [-0.2, -0.15) is 0 Å². The first kappa shape index (κ1) is 12.1. The van der Waals surface area contributed by atoms with Crippen molar-refractivity contribution in [3.8, 4) is 0 Å². The molecule has 0 radical (unpaired) electrons. The Labute approximate surface area is 89.3 Å². The predicted octanol–water partition coefficient (Wildman–Crippen LogP) is 3.15. The van der Waals surface area contributed by atoms with Gasteiger partial charge in [0, 0.05) is 11.6 Å². The summed E-state index contributed by atoms with van der Waals surface area (Å²) in [6, 6.07) is 6.47. The van der Waals surface area contributed by atoms with Crippen LogP contribution in [-0.2, 0) is 6.42 Å². The number of hydrogen-bond acceptors (Lipinski definition) is 1. The molecule has 1 nitrogen and oxygen atoms in total. The molecule has 1 unspecified atom stereocenters. The summed E-state index contributed by atoms with van der Waals surface area (Å²) in [5.74, 6) is 0.403. The van der Waals surface area contributed by atoms with Crippen LogP contribution in [0.2, 0.25) is 0 Å². The van der Waals surface area contributed by atoms with Crippen LogP contribution < -0.4 is 5.73 Å². The fraction of sp³-hybridized carbons (Fsp3) is 0.500. The van der Waals surface area contributed by atoms with Gasteiger partial charge in [-0.25, -0.2) is 8.78 Å². The maximum Gasteiger partial charge on any atom is 0.263 e. The first-order valence-electron chi connectivity index (χ1n) is 5.13. The smallest absolute Gasteiger partial charge is 0.263 e. The van der Waals surface area contributed by atoms with Crippen LogP contribution in [0, 0.1) is 5.92 Å². The molecule has 1 rings (SSSR count). The Morgan fingerprint density at radius 3 is 2.07 bits per heavy atom. The van der Waals surface area contributed by atoms with E-state index in [1.165, 1.54) is 12.1 Å². The molecule has 3 heteroatoms. The molecule has 84 valence electrons. The summed E-state index contributed by atoms with van der Waals surface area (Å²) in [4.78, 5) is 0. The largest absolute Gasteiger partial charge is 0.327 e. The van der Waals surface area contributed by atoms with Crippen molar-refractivity contribution >= 4 is 0 Å². The molecule has 2 N–H and O–H groups in total. The average molecular weight is 213 g/mol. The first-order valence-corrected chi connectivity index (χ1v) is 5.13. The van der Waals surface area contributed by atoms with E-state index in [1.54, 1.807) is 12.1 Å². The highest BCUT2D eigenvalue weighted by molar-refractivity contribution is 5.24. The lowest BCUT2D eigenvalue weighted by Crippen LogP contribution is -2.28. The third-order valence-electron chi connectivity index (χ3n) is 2.56. The van der Waals surface area contributed by atoms with Crippen LogP contribution in [0.3, 0.4) is 0 Å². The van der Waals surface area contributed by atoms with Gasteiger partial charge in [0.15, 0.2) is 0 Å². The van der Waals surface area contributed by atoms with Gasteiger partial charge in [0.25, 0.3) is 6.43 Å². The van der Waals surface area contributed by atoms with Crippen molar-refractivity contribution in [1.82, 2.24) is 0 Å². The van der Waals surface area contributed by atoms with Crippen LogP contribution in [0.15, 0.2) is 24.3 Å². The standard InChI is InChI=1S/C12H17F2N/c1-8(2)11(15)7-9-3-5-10(6-4-9)12(13)14/h3-6,8,11-12H,7,15H2,1-2H3. The monoisotopic (exact) mass is 213 g/mol. The summed E-state index contributed by atoms with van der Waals surface area (Å²) in [7, 11) is 0. The highest BCUT2D eigenvalue weighted by atomic mass is 19.3. The molecule has 0 fully saturated rings. The van der Waals surface area contributed by atoms with E-state index in [4.69, 9.17) is 5.73 Å². The second-order valence-electron chi connectivity index (χ2n) is 4.15. The third kappa shape index (κ3) is 3.59. The molecule has 0 aliphatic carbocycles. The second-order valence-corrected chi connectivity index (χ2v) is 4.15. The highest BCUT2D eigenvalue weighted by Gasteiger charge is 2.10. The van der Waals surface area contributed by atoms with Crippen molar-refractivity contribution in [1.29, 1.82) is 0 Å². The molecule has 0 aliphatic rings. The number of halogens is 2. The van der Waals surface area contributed by atoms with Gasteiger partial charge in [-0.3, -0.25) is 0 Å². The minimum Gasteiger partial charge on any atom is -0.327 e. The van der Waals surface area contributed by atoms with E-state index >= 15 is 0 Å². The van der Waals surface area contributed by atoms with Gasteiger partial charge in [0.2, 0.25) is 0 Å². The van der Waals surface area contributed by atoms with E-state index < -0.39 is 6.43 Å². The van der Waals surface area contributed by atoms with Crippen LogP contribution >= 0.6 is 0 Å². The van der Waals surface area contributed by atoms with Crippen LogP contribution in [0.4, 0.5) is 8.78 Å². The number of hydrogen-bond donors (Lipinski definition) is 1. The summed E-state index contributed by atoms with van der Waals surface area (Å²) in [6.45, 7) is 4.11. The van der Waals surface area contributed by atoms with Crippen molar-refractivity contribution in [2.45, 2.75) is 32.7 Å². The number of rotatable bonds is 4. The quantitative estimate of drug-likeness (QED) is 0.816. The molecule has 0 aliphatic heterocycles. The number of alkyl halides is 2. The zero-order chi connectivity index (χ0) is 11.4. The Bertz CT molecular complexity index is 293. The molecule has 0 bridgehead atoms. The van der Waals surface area contributed by atoms with E-state index in [1.807, 2.05) is 0 Å². The van der Waals surface area contributed by atoms with Gasteiger partial charge < -0.3 is 5.73 Å². The predicted molar refractivity (Wildman–Crippen MR) is 57.9 cm³/mol. The van der Waals surface area contributed by atoms with Crippen LogP contribution in [0.5, 0.6) is 0 Å². The van der Waals surface area contributed by atoms with Gasteiger partial charge in [-0.15, -0.1) is 0 Å². The van der Waals surface area contributed by atoms with Gasteiger partial charge in [-0.1, -0.05) is 38.1 Å². The minimum atomic E-state index is -2.39. The van der Waals surface area contributed by atoms with E-state index in [0.717, 1.165) is 12.0 Å². The molecule has 0 saturated heterocycles. The van der Waals surface area contributed by atoms with E-state index in [-0.39, 0.29) is 11.6 Å². The Morgan fingerprint density at radius 2 is 1.67 bits per heavy atom. The molecule has 1 aromatic carbocycles. The number of nitrogens with two attached hydrogens (primary N) is 1. The molecule has 15 heavy (non-hydrogen) atoms. The molecule has 0 spiro atoms. The minimum absolute atomic E-state index is 0.0665. The Morgan fingerprint density at radius 1 is 1.13 bits per heavy atom. The third-order valence-corrected chi connectivity index (χ3v) is 2.56. The lowest BCUT2D eigenvalue weighted by atomic mass is 9.97. The first-order chi connectivity index (χ1) is 7.00. The van der Waals surface area contributed by atoms with Gasteiger partial charge >= 0.3 is 0 Å². The molecule has 0 heterocycles. The molecule has 0 saturated carbocycles. The van der Waals surface area contributed by atoms with E-state index in [9.17, 15) is 8.78 Å². The summed E-state index contributed by atoms with van der Waals surface area (Å²) in [5.41, 5.74) is 6.98. The summed E-state index contributed by atoms with van der Waals surface area (Å²) in [5, 5.41) is 0. The highest BCUT2D eigenvalue weighted by Crippen LogP contribution is 2.19. The molecule has 0 amide bonds. The molecule has 1 aromatic rings. The maximum absolute atomic E-state index is 12.3. The lowest BCUT2D eigenvalue weighted by molar-refractivity contribution is 0.151.